The van der Waals surface area contributed by atoms with Crippen LogP contribution in [0.4, 0.5) is 4.79 Å². The quantitative estimate of drug-likeness (QED) is 0.244. The molecule has 0 bridgehead atoms. The van der Waals surface area contributed by atoms with Gasteiger partial charge in [-0.25, -0.2) is 4.79 Å². The predicted octanol–water partition coefficient (Wildman–Crippen LogP) is -0.892. The molecule has 14 heavy (non-hydrogen) atoms. The average molecular weight is 210 g/mol. The van der Waals surface area contributed by atoms with Crippen LogP contribution in [0, 0.1) is 0 Å². The molecule has 0 radical (unpaired) electrons. The van der Waals surface area contributed by atoms with Gasteiger partial charge in [0.05, 0.1) is 13.0 Å². The molecular weight excluding hydrogens is 196 g/mol. The van der Waals surface area contributed by atoms with Crippen LogP contribution in [0.1, 0.15) is 12.8 Å². The van der Waals surface area contributed by atoms with E-state index in [-0.39, 0.29) is 26.2 Å². The van der Waals surface area contributed by atoms with Gasteiger partial charge in [-0.3, -0.25) is 0 Å². The standard InChI is InChI=1S/C7H14O7/c8-3-1-4-13-5-2-7(11,12)14-6(9)10/h8,11-12H,1-5H2,(H,9,10). The summed E-state index contributed by atoms with van der Waals surface area (Å²) in [4.78, 5) is 9.93. The molecule has 0 saturated heterocycles. The van der Waals surface area contributed by atoms with Crippen molar-refractivity contribution in [3.63, 3.8) is 0 Å². The molecule has 0 fully saturated rings. The smallest absolute Gasteiger partial charge is 0.450 e. The summed E-state index contributed by atoms with van der Waals surface area (Å²) in [5, 5.41) is 34.2. The molecule has 0 aromatic carbocycles. The van der Waals surface area contributed by atoms with E-state index in [1.54, 1.807) is 0 Å². The molecule has 7 nitrogen and oxygen atoms in total. The highest BCUT2D eigenvalue weighted by molar-refractivity contribution is 5.57. The number of ether oxygens (including phenoxy) is 2. The van der Waals surface area contributed by atoms with E-state index < -0.39 is 12.1 Å². The Labute approximate surface area is 80.5 Å². The van der Waals surface area contributed by atoms with Crippen molar-refractivity contribution >= 4 is 6.16 Å². The van der Waals surface area contributed by atoms with Gasteiger partial charge in [-0.15, -0.1) is 0 Å². The van der Waals surface area contributed by atoms with Crippen molar-refractivity contribution in [3.8, 4) is 0 Å². The Balaban J connectivity index is 3.50. The van der Waals surface area contributed by atoms with E-state index in [4.69, 9.17) is 25.2 Å². The second-order valence-corrected chi connectivity index (χ2v) is 2.55. The highest BCUT2D eigenvalue weighted by atomic mass is 16.8. The van der Waals surface area contributed by atoms with Crippen LogP contribution >= 0.6 is 0 Å². The van der Waals surface area contributed by atoms with Crippen LogP contribution in [0.15, 0.2) is 0 Å². The number of rotatable bonds is 7. The molecule has 0 unspecified atom stereocenters. The van der Waals surface area contributed by atoms with Crippen LogP contribution in [0.3, 0.4) is 0 Å². The van der Waals surface area contributed by atoms with Crippen molar-refractivity contribution in [2.75, 3.05) is 19.8 Å². The van der Waals surface area contributed by atoms with Gasteiger partial charge in [-0.1, -0.05) is 0 Å². The monoisotopic (exact) mass is 210 g/mol. The zero-order valence-electron chi connectivity index (χ0n) is 7.55. The molecule has 0 aliphatic heterocycles. The van der Waals surface area contributed by atoms with E-state index in [9.17, 15) is 4.79 Å². The van der Waals surface area contributed by atoms with Gasteiger partial charge in [0.2, 0.25) is 0 Å². The van der Waals surface area contributed by atoms with Gasteiger partial charge in [-0.2, -0.15) is 0 Å². The molecule has 0 aliphatic carbocycles. The maximum absolute atomic E-state index is 9.93. The minimum atomic E-state index is -2.72. The van der Waals surface area contributed by atoms with Gasteiger partial charge in [0, 0.05) is 13.2 Å². The lowest BCUT2D eigenvalue weighted by atomic mass is 10.4. The van der Waals surface area contributed by atoms with Crippen molar-refractivity contribution in [1.82, 2.24) is 0 Å². The first-order valence-corrected chi connectivity index (χ1v) is 4.03. The number of carboxylic acid groups (broad SMARTS) is 1. The van der Waals surface area contributed by atoms with Crippen LogP contribution in [-0.2, 0) is 9.47 Å². The molecule has 0 aromatic heterocycles. The zero-order chi connectivity index (χ0) is 11.0. The van der Waals surface area contributed by atoms with Gasteiger partial charge in [0.25, 0.3) is 0 Å². The maximum atomic E-state index is 9.93. The third kappa shape index (κ3) is 7.74. The summed E-state index contributed by atoms with van der Waals surface area (Å²) in [6.07, 6.45) is -1.72. The molecular formula is C7H14O7. The first-order valence-electron chi connectivity index (χ1n) is 4.03. The summed E-state index contributed by atoms with van der Waals surface area (Å²) in [7, 11) is 0. The van der Waals surface area contributed by atoms with Gasteiger partial charge in [0.1, 0.15) is 0 Å². The lowest BCUT2D eigenvalue weighted by Crippen LogP contribution is -2.35. The third-order valence-corrected chi connectivity index (χ3v) is 1.27. The summed E-state index contributed by atoms with van der Waals surface area (Å²) in [6.45, 7) is 0.176. The molecule has 0 spiro atoms. The topological polar surface area (TPSA) is 116 Å². The molecule has 0 rings (SSSR count). The molecule has 4 N–H and O–H groups in total. The Hall–Kier alpha value is -0.890. The predicted molar refractivity (Wildman–Crippen MR) is 43.4 cm³/mol. The highest BCUT2D eigenvalue weighted by Crippen LogP contribution is 2.08. The number of aliphatic hydroxyl groups excluding tert-OH is 1. The number of hydrogen-bond acceptors (Lipinski definition) is 6. The van der Waals surface area contributed by atoms with Gasteiger partial charge < -0.3 is 29.9 Å². The normalized spacial score (nSPS) is 11.4. The first-order chi connectivity index (χ1) is 6.48. The maximum Gasteiger partial charge on any atom is 0.510 e. The molecule has 0 amide bonds. The summed E-state index contributed by atoms with van der Waals surface area (Å²) in [5.74, 6) is -2.72. The van der Waals surface area contributed by atoms with E-state index in [2.05, 4.69) is 4.74 Å². The molecule has 7 heteroatoms. The molecule has 0 aromatic rings. The van der Waals surface area contributed by atoms with Crippen molar-refractivity contribution in [3.05, 3.63) is 0 Å². The summed E-state index contributed by atoms with van der Waals surface area (Å²) < 4.78 is 8.58. The van der Waals surface area contributed by atoms with Crippen LogP contribution in [0.2, 0.25) is 0 Å². The summed E-state index contributed by atoms with van der Waals surface area (Å²) in [5.41, 5.74) is 0. The summed E-state index contributed by atoms with van der Waals surface area (Å²) >= 11 is 0. The van der Waals surface area contributed by atoms with Crippen LogP contribution in [0.25, 0.3) is 0 Å². The number of hydrogen-bond donors (Lipinski definition) is 4. The second kappa shape index (κ2) is 6.55. The lowest BCUT2D eigenvalue weighted by Gasteiger charge is -2.18. The number of carbonyl (C=O) groups is 1. The number of aliphatic hydroxyl groups is 3. The van der Waals surface area contributed by atoms with E-state index in [1.807, 2.05) is 0 Å². The Morgan fingerprint density at radius 1 is 1.29 bits per heavy atom. The Bertz CT molecular complexity index is 167. The van der Waals surface area contributed by atoms with Crippen molar-refractivity contribution in [2.24, 2.45) is 0 Å². The Morgan fingerprint density at radius 3 is 2.43 bits per heavy atom. The van der Waals surface area contributed by atoms with E-state index in [1.165, 1.54) is 0 Å². The SMILES string of the molecule is O=C(O)OC(O)(O)CCOCCCO. The van der Waals surface area contributed by atoms with Crippen LogP contribution in [0.5, 0.6) is 0 Å². The van der Waals surface area contributed by atoms with Crippen molar-refractivity contribution in [2.45, 2.75) is 18.8 Å². The molecule has 0 heterocycles. The third-order valence-electron chi connectivity index (χ3n) is 1.27. The van der Waals surface area contributed by atoms with Gasteiger partial charge in [0.15, 0.2) is 0 Å². The zero-order valence-corrected chi connectivity index (χ0v) is 7.55. The Kier molecular flexibility index (Phi) is 6.13. The van der Waals surface area contributed by atoms with Gasteiger partial charge in [-0.05, 0) is 6.42 Å². The highest BCUT2D eigenvalue weighted by Gasteiger charge is 2.27. The fourth-order valence-electron chi connectivity index (χ4n) is 0.665. The van der Waals surface area contributed by atoms with E-state index >= 15 is 0 Å². The van der Waals surface area contributed by atoms with E-state index in [0.29, 0.717) is 6.42 Å². The fourth-order valence-corrected chi connectivity index (χ4v) is 0.665. The van der Waals surface area contributed by atoms with Gasteiger partial charge >= 0.3 is 12.1 Å². The molecule has 0 aliphatic rings. The van der Waals surface area contributed by atoms with E-state index in [0.717, 1.165) is 0 Å². The second-order valence-electron chi connectivity index (χ2n) is 2.55. The fraction of sp³-hybridized carbons (Fsp3) is 0.857. The average Bonchev–Trinajstić information content (AvgIpc) is 2.01. The first kappa shape index (κ1) is 13.1. The minimum Gasteiger partial charge on any atom is -0.450 e. The Morgan fingerprint density at radius 2 is 1.93 bits per heavy atom. The minimum absolute atomic E-state index is 0.0188. The van der Waals surface area contributed by atoms with Crippen molar-refractivity contribution in [1.29, 1.82) is 0 Å². The molecule has 0 atom stereocenters. The molecule has 84 valence electrons. The molecule has 0 saturated carbocycles. The lowest BCUT2D eigenvalue weighted by molar-refractivity contribution is -0.318. The van der Waals surface area contributed by atoms with Crippen molar-refractivity contribution < 1.29 is 34.7 Å². The van der Waals surface area contributed by atoms with Crippen LogP contribution in [-0.4, -0.2) is 52.4 Å². The summed E-state index contributed by atoms with van der Waals surface area (Å²) in [6, 6.07) is 0. The van der Waals surface area contributed by atoms with Crippen LogP contribution < -0.4 is 0 Å². The largest absolute Gasteiger partial charge is 0.510 e.